The van der Waals surface area contributed by atoms with E-state index in [0.717, 1.165) is 12.8 Å². The van der Waals surface area contributed by atoms with Gasteiger partial charge in [0.05, 0.1) is 6.61 Å². The van der Waals surface area contributed by atoms with Gasteiger partial charge in [-0.2, -0.15) is 0 Å². The first-order chi connectivity index (χ1) is 6.85. The van der Waals surface area contributed by atoms with Crippen LogP contribution >= 0.6 is 0 Å². The molecule has 0 atom stereocenters. The third kappa shape index (κ3) is 7.78. The molecule has 84 valence electrons. The molecule has 0 radical (unpaired) electrons. The second-order valence-corrected chi connectivity index (χ2v) is 2.76. The molecule has 0 saturated heterocycles. The molecule has 0 aromatic heterocycles. The van der Waals surface area contributed by atoms with E-state index < -0.39 is 0 Å². The molecule has 0 rings (SSSR count). The van der Waals surface area contributed by atoms with Gasteiger partial charge in [0.1, 0.15) is 0 Å². The van der Waals surface area contributed by atoms with E-state index >= 15 is 0 Å². The Morgan fingerprint density at radius 3 is 2.86 bits per heavy atom. The molecule has 6 nitrogen and oxygen atoms in total. The molecule has 0 heterocycles. The summed E-state index contributed by atoms with van der Waals surface area (Å²) >= 11 is 0. The fourth-order valence-corrected chi connectivity index (χ4v) is 0.849. The Balaban J connectivity index is 3.53. The highest BCUT2D eigenvalue weighted by Gasteiger charge is 1.94. The predicted octanol–water partition coefficient (Wildman–Crippen LogP) is -0.704. The van der Waals surface area contributed by atoms with Crippen LogP contribution in [0.25, 0.3) is 0 Å². The van der Waals surface area contributed by atoms with Crippen LogP contribution in [0.3, 0.4) is 0 Å². The number of hydrogen-bond donors (Lipinski definition) is 4. The molecule has 14 heavy (non-hydrogen) atoms. The van der Waals surface area contributed by atoms with E-state index in [1.165, 1.54) is 0 Å². The van der Waals surface area contributed by atoms with Crippen LogP contribution in [0.4, 0.5) is 0 Å². The summed E-state index contributed by atoms with van der Waals surface area (Å²) in [7, 11) is 1.62. The Hall–Kier alpha value is -0.850. The first-order valence-corrected chi connectivity index (χ1v) is 4.72. The lowest BCUT2D eigenvalue weighted by Crippen LogP contribution is -2.37. The van der Waals surface area contributed by atoms with Crippen LogP contribution in [0.15, 0.2) is 4.99 Å². The zero-order valence-electron chi connectivity index (χ0n) is 8.62. The van der Waals surface area contributed by atoms with Crippen molar-refractivity contribution in [3.05, 3.63) is 0 Å². The van der Waals surface area contributed by atoms with Crippen molar-refractivity contribution in [1.82, 2.24) is 10.8 Å². The Morgan fingerprint density at radius 1 is 1.50 bits per heavy atom. The van der Waals surface area contributed by atoms with Gasteiger partial charge in [0, 0.05) is 20.2 Å². The number of hydrogen-bond acceptors (Lipinski definition) is 4. The van der Waals surface area contributed by atoms with E-state index in [4.69, 9.17) is 15.7 Å². The largest absolute Gasteiger partial charge is 0.383 e. The first kappa shape index (κ1) is 13.2. The molecule has 0 aliphatic carbocycles. The van der Waals surface area contributed by atoms with Crippen LogP contribution in [0.2, 0.25) is 0 Å². The Labute approximate surface area is 84.5 Å². The summed E-state index contributed by atoms with van der Waals surface area (Å²) in [5, 5.41) is 11.6. The lowest BCUT2D eigenvalue weighted by molar-refractivity contribution is 0.198. The maximum Gasteiger partial charge on any atom is 0.215 e. The zero-order valence-corrected chi connectivity index (χ0v) is 8.62. The van der Waals surface area contributed by atoms with E-state index in [0.29, 0.717) is 32.2 Å². The minimum atomic E-state index is 0.374. The molecular formula is C8H20N4O2. The number of nitrogens with zero attached hydrogens (tertiary/aromatic N) is 1. The molecule has 0 aliphatic heterocycles. The average Bonchev–Trinajstić information content (AvgIpc) is 2.22. The molecule has 0 aromatic carbocycles. The normalized spacial score (nSPS) is 11.5. The fraction of sp³-hybridized carbons (Fsp3) is 0.875. The number of ether oxygens (including phenoxy) is 1. The molecule has 0 amide bonds. The van der Waals surface area contributed by atoms with Crippen LogP contribution in [0, 0.1) is 0 Å². The van der Waals surface area contributed by atoms with Crippen molar-refractivity contribution in [2.24, 2.45) is 10.7 Å². The summed E-state index contributed by atoms with van der Waals surface area (Å²) in [5.41, 5.74) is 7.32. The maximum atomic E-state index is 8.67. The number of unbranched alkanes of at least 4 members (excludes halogenated alkanes) is 1. The van der Waals surface area contributed by atoms with Crippen LogP contribution < -0.4 is 16.5 Å². The number of nitrogens with one attached hydrogen (secondary N) is 2. The lowest BCUT2D eigenvalue weighted by atomic mass is 10.3. The van der Waals surface area contributed by atoms with E-state index in [2.05, 4.69) is 10.3 Å². The van der Waals surface area contributed by atoms with Crippen LogP contribution in [-0.4, -0.2) is 44.5 Å². The second-order valence-electron chi connectivity index (χ2n) is 2.76. The molecule has 0 spiro atoms. The van der Waals surface area contributed by atoms with Crippen LogP contribution in [-0.2, 0) is 4.74 Å². The summed E-state index contributed by atoms with van der Waals surface area (Å²) in [5.74, 6) is 0.374. The van der Waals surface area contributed by atoms with Gasteiger partial charge in [-0.3, -0.25) is 10.2 Å². The Morgan fingerprint density at radius 2 is 2.29 bits per heavy atom. The first-order valence-electron chi connectivity index (χ1n) is 4.72. The quantitative estimate of drug-likeness (QED) is 0.190. The summed E-state index contributed by atoms with van der Waals surface area (Å²) in [4.78, 5) is 4.08. The van der Waals surface area contributed by atoms with Gasteiger partial charge in [0.25, 0.3) is 0 Å². The smallest absolute Gasteiger partial charge is 0.215 e. The number of hydroxylamine groups is 1. The third-order valence-corrected chi connectivity index (χ3v) is 1.59. The van der Waals surface area contributed by atoms with Crippen LogP contribution in [0.5, 0.6) is 0 Å². The Bertz CT molecular complexity index is 152. The molecule has 0 saturated carbocycles. The second kappa shape index (κ2) is 10.2. The third-order valence-electron chi connectivity index (χ3n) is 1.59. The van der Waals surface area contributed by atoms with Crippen molar-refractivity contribution in [3.8, 4) is 0 Å². The standard InChI is InChI=1S/C8H20N4O2/c1-14-7-6-11-8(12-13)10-5-3-2-4-9/h13H,2-7,9H2,1H3,(H2,10,11,12). The monoisotopic (exact) mass is 204 g/mol. The fourth-order valence-electron chi connectivity index (χ4n) is 0.849. The molecule has 0 bridgehead atoms. The highest BCUT2D eigenvalue weighted by molar-refractivity contribution is 5.78. The van der Waals surface area contributed by atoms with Crippen molar-refractivity contribution in [2.45, 2.75) is 12.8 Å². The minimum Gasteiger partial charge on any atom is -0.383 e. The highest BCUT2D eigenvalue weighted by atomic mass is 16.5. The molecule has 6 heteroatoms. The van der Waals surface area contributed by atoms with Gasteiger partial charge >= 0.3 is 0 Å². The lowest BCUT2D eigenvalue weighted by Gasteiger charge is -2.07. The van der Waals surface area contributed by atoms with E-state index in [-0.39, 0.29) is 0 Å². The van der Waals surface area contributed by atoms with Gasteiger partial charge in [-0.25, -0.2) is 5.48 Å². The molecule has 0 unspecified atom stereocenters. The molecule has 0 fully saturated rings. The summed E-state index contributed by atoms with van der Waals surface area (Å²) in [6, 6.07) is 0. The van der Waals surface area contributed by atoms with Crippen molar-refractivity contribution < 1.29 is 9.94 Å². The van der Waals surface area contributed by atoms with Crippen LogP contribution in [0.1, 0.15) is 12.8 Å². The maximum absolute atomic E-state index is 8.67. The Kier molecular flexibility index (Phi) is 9.61. The van der Waals surface area contributed by atoms with E-state index in [1.807, 2.05) is 5.48 Å². The van der Waals surface area contributed by atoms with Gasteiger partial charge < -0.3 is 15.8 Å². The minimum absolute atomic E-state index is 0.374. The number of guanidine groups is 1. The zero-order chi connectivity index (χ0) is 10.6. The molecule has 0 aliphatic rings. The van der Waals surface area contributed by atoms with E-state index in [1.54, 1.807) is 7.11 Å². The van der Waals surface area contributed by atoms with Gasteiger partial charge in [-0.15, -0.1) is 0 Å². The van der Waals surface area contributed by atoms with Crippen molar-refractivity contribution in [3.63, 3.8) is 0 Å². The number of rotatable bonds is 7. The predicted molar refractivity (Wildman–Crippen MR) is 55.4 cm³/mol. The topological polar surface area (TPSA) is 91.9 Å². The van der Waals surface area contributed by atoms with Gasteiger partial charge in [0.2, 0.25) is 5.96 Å². The van der Waals surface area contributed by atoms with Crippen molar-refractivity contribution in [2.75, 3.05) is 33.4 Å². The van der Waals surface area contributed by atoms with Crippen molar-refractivity contribution in [1.29, 1.82) is 0 Å². The van der Waals surface area contributed by atoms with Gasteiger partial charge in [0.15, 0.2) is 0 Å². The molecule has 5 N–H and O–H groups in total. The number of nitrogens with two attached hydrogens (primary N) is 1. The SMILES string of the molecule is COCCNC(=NCCCCN)NO. The summed E-state index contributed by atoms with van der Waals surface area (Å²) < 4.78 is 4.84. The molecule has 0 aromatic rings. The highest BCUT2D eigenvalue weighted by Crippen LogP contribution is 1.86. The van der Waals surface area contributed by atoms with E-state index in [9.17, 15) is 0 Å². The number of methoxy groups -OCH3 is 1. The van der Waals surface area contributed by atoms with Gasteiger partial charge in [-0.1, -0.05) is 0 Å². The van der Waals surface area contributed by atoms with Crippen molar-refractivity contribution >= 4 is 5.96 Å². The average molecular weight is 204 g/mol. The number of aliphatic imine (C=N–C) groups is 1. The summed E-state index contributed by atoms with van der Waals surface area (Å²) in [6.45, 7) is 2.51. The van der Waals surface area contributed by atoms with Gasteiger partial charge in [-0.05, 0) is 19.4 Å². The molecular weight excluding hydrogens is 184 g/mol. The summed E-state index contributed by atoms with van der Waals surface area (Å²) in [6.07, 6.45) is 1.87.